The Morgan fingerprint density at radius 1 is 1.00 bits per heavy atom. The van der Waals surface area contributed by atoms with Gasteiger partial charge in [-0.15, -0.1) is 0 Å². The van der Waals surface area contributed by atoms with Gasteiger partial charge in [0, 0.05) is 6.42 Å². The number of hydrogen-bond acceptors (Lipinski definition) is 4. The molecule has 1 aliphatic rings. The molecule has 0 atom stereocenters. The molecule has 4 rings (SSSR count). The van der Waals surface area contributed by atoms with Crippen molar-refractivity contribution >= 4 is 11.0 Å². The normalized spacial score (nSPS) is 13.8. The SMILES string of the molecule is O=c1c2c(oc3ccc(F)cc13)-c1ccccc1OCCCO2. The lowest BCUT2D eigenvalue weighted by atomic mass is 10.1. The van der Waals surface area contributed by atoms with Gasteiger partial charge in [-0.2, -0.15) is 0 Å². The molecule has 0 radical (unpaired) electrons. The molecule has 0 spiro atoms. The van der Waals surface area contributed by atoms with Crippen LogP contribution >= 0.6 is 0 Å². The van der Waals surface area contributed by atoms with Gasteiger partial charge in [-0.3, -0.25) is 4.79 Å². The highest BCUT2D eigenvalue weighted by Gasteiger charge is 2.21. The molecule has 23 heavy (non-hydrogen) atoms. The monoisotopic (exact) mass is 312 g/mol. The largest absolute Gasteiger partial charge is 0.493 e. The summed E-state index contributed by atoms with van der Waals surface area (Å²) >= 11 is 0. The van der Waals surface area contributed by atoms with Crippen molar-refractivity contribution in [2.75, 3.05) is 13.2 Å². The summed E-state index contributed by atoms with van der Waals surface area (Å²) in [6.07, 6.45) is 0.633. The highest BCUT2D eigenvalue weighted by atomic mass is 19.1. The molecular weight excluding hydrogens is 299 g/mol. The third kappa shape index (κ3) is 2.34. The smallest absolute Gasteiger partial charge is 0.235 e. The molecule has 5 heteroatoms. The van der Waals surface area contributed by atoms with Gasteiger partial charge < -0.3 is 13.9 Å². The lowest BCUT2D eigenvalue weighted by Crippen LogP contribution is -2.11. The van der Waals surface area contributed by atoms with Crippen LogP contribution < -0.4 is 14.9 Å². The zero-order chi connectivity index (χ0) is 15.8. The second-order valence-electron chi connectivity index (χ2n) is 5.28. The van der Waals surface area contributed by atoms with Crippen LogP contribution in [0.4, 0.5) is 4.39 Å². The number of fused-ring (bicyclic) bond motifs is 4. The minimum absolute atomic E-state index is 0.0982. The van der Waals surface area contributed by atoms with E-state index in [-0.39, 0.29) is 16.6 Å². The van der Waals surface area contributed by atoms with Crippen molar-refractivity contribution in [3.05, 3.63) is 58.5 Å². The Kier molecular flexibility index (Phi) is 3.26. The number of ether oxygens (including phenoxy) is 2. The molecule has 2 aromatic carbocycles. The van der Waals surface area contributed by atoms with E-state index >= 15 is 0 Å². The lowest BCUT2D eigenvalue weighted by molar-refractivity contribution is 0.250. The lowest BCUT2D eigenvalue weighted by Gasteiger charge is -2.11. The van der Waals surface area contributed by atoms with Gasteiger partial charge in [0.25, 0.3) is 0 Å². The Morgan fingerprint density at radius 2 is 1.83 bits per heavy atom. The molecule has 1 aromatic heterocycles. The average molecular weight is 312 g/mol. The molecule has 0 bridgehead atoms. The molecule has 0 unspecified atom stereocenters. The van der Waals surface area contributed by atoms with Crippen molar-refractivity contribution in [1.82, 2.24) is 0 Å². The van der Waals surface area contributed by atoms with E-state index < -0.39 is 5.82 Å². The van der Waals surface area contributed by atoms with E-state index in [2.05, 4.69) is 0 Å². The molecule has 4 nitrogen and oxygen atoms in total. The summed E-state index contributed by atoms with van der Waals surface area (Å²) < 4.78 is 30.7. The van der Waals surface area contributed by atoms with E-state index in [1.807, 2.05) is 18.2 Å². The highest BCUT2D eigenvalue weighted by molar-refractivity contribution is 5.83. The number of rotatable bonds is 0. The molecule has 0 N–H and O–H groups in total. The maximum Gasteiger partial charge on any atom is 0.235 e. The molecule has 0 aliphatic carbocycles. The van der Waals surface area contributed by atoms with Crippen LogP contribution in [0.5, 0.6) is 11.5 Å². The summed E-state index contributed by atoms with van der Waals surface area (Å²) in [6.45, 7) is 0.805. The van der Waals surface area contributed by atoms with Crippen molar-refractivity contribution in [3.63, 3.8) is 0 Å². The summed E-state index contributed by atoms with van der Waals surface area (Å²) in [5.41, 5.74) is 0.581. The molecule has 2 heterocycles. The van der Waals surface area contributed by atoms with Crippen molar-refractivity contribution in [1.29, 1.82) is 0 Å². The predicted molar refractivity (Wildman–Crippen MR) is 83.5 cm³/mol. The third-order valence-corrected chi connectivity index (χ3v) is 3.74. The Hall–Kier alpha value is -2.82. The van der Waals surface area contributed by atoms with Gasteiger partial charge >= 0.3 is 0 Å². The van der Waals surface area contributed by atoms with Crippen molar-refractivity contribution in [3.8, 4) is 22.8 Å². The van der Waals surface area contributed by atoms with Gasteiger partial charge in [0.05, 0.1) is 24.2 Å². The quantitative estimate of drug-likeness (QED) is 0.634. The van der Waals surface area contributed by atoms with E-state index in [1.54, 1.807) is 6.07 Å². The first-order valence-electron chi connectivity index (χ1n) is 7.35. The molecule has 0 amide bonds. The number of para-hydroxylation sites is 1. The summed E-state index contributed by atoms with van der Waals surface area (Å²) in [6, 6.07) is 11.2. The molecular formula is C18H13FO4. The number of benzene rings is 2. The second-order valence-corrected chi connectivity index (χ2v) is 5.28. The Balaban J connectivity index is 2.08. The van der Waals surface area contributed by atoms with E-state index in [1.165, 1.54) is 18.2 Å². The van der Waals surface area contributed by atoms with Crippen LogP contribution in [0.25, 0.3) is 22.3 Å². The third-order valence-electron chi connectivity index (χ3n) is 3.74. The van der Waals surface area contributed by atoms with Gasteiger partial charge in [-0.25, -0.2) is 4.39 Å². The van der Waals surface area contributed by atoms with Crippen molar-refractivity contribution in [2.45, 2.75) is 6.42 Å². The zero-order valence-corrected chi connectivity index (χ0v) is 12.2. The number of halogens is 1. The van der Waals surface area contributed by atoms with Gasteiger partial charge in [-0.1, -0.05) is 12.1 Å². The van der Waals surface area contributed by atoms with Crippen LogP contribution in [0.2, 0.25) is 0 Å². The summed E-state index contributed by atoms with van der Waals surface area (Å²) in [7, 11) is 0. The van der Waals surface area contributed by atoms with Crippen LogP contribution in [0.15, 0.2) is 51.7 Å². The predicted octanol–water partition coefficient (Wildman–Crippen LogP) is 3.76. The van der Waals surface area contributed by atoms with Crippen molar-refractivity contribution < 1.29 is 18.3 Å². The van der Waals surface area contributed by atoms with Crippen LogP contribution in [0, 0.1) is 5.82 Å². The number of hydrogen-bond donors (Lipinski definition) is 0. The Morgan fingerprint density at radius 3 is 2.74 bits per heavy atom. The van der Waals surface area contributed by atoms with Gasteiger partial charge in [0.2, 0.25) is 11.2 Å². The minimum Gasteiger partial charge on any atom is -0.493 e. The second kappa shape index (κ2) is 5.43. The molecule has 116 valence electrons. The first kappa shape index (κ1) is 13.8. The van der Waals surface area contributed by atoms with Crippen LogP contribution in [0.3, 0.4) is 0 Å². The zero-order valence-electron chi connectivity index (χ0n) is 12.2. The Labute approximate surface area is 131 Å². The molecule has 0 saturated carbocycles. The standard InChI is InChI=1S/C18H13FO4/c19-11-6-7-15-13(10-11)16(20)18-17(23-15)12-4-1-2-5-14(12)21-8-3-9-22-18/h1-2,4-7,10H,3,8-9H2. The molecule has 1 aliphatic heterocycles. The first-order valence-corrected chi connectivity index (χ1v) is 7.35. The molecule has 3 aromatic rings. The first-order chi connectivity index (χ1) is 11.2. The van der Waals surface area contributed by atoms with Crippen LogP contribution in [-0.2, 0) is 0 Å². The summed E-state index contributed by atoms with van der Waals surface area (Å²) in [5.74, 6) is 0.549. The fourth-order valence-corrected chi connectivity index (χ4v) is 2.65. The fraction of sp³-hybridized carbons (Fsp3) is 0.167. The summed E-state index contributed by atoms with van der Waals surface area (Å²) in [5, 5.41) is 0.168. The van der Waals surface area contributed by atoms with Gasteiger partial charge in [0.1, 0.15) is 17.1 Å². The maximum atomic E-state index is 13.5. The topological polar surface area (TPSA) is 48.7 Å². The average Bonchev–Trinajstić information content (AvgIpc) is 2.65. The van der Waals surface area contributed by atoms with Gasteiger partial charge in [0.15, 0.2) is 5.76 Å². The Bertz CT molecular complexity index is 945. The highest BCUT2D eigenvalue weighted by Crippen LogP contribution is 2.37. The van der Waals surface area contributed by atoms with E-state index in [0.29, 0.717) is 42.3 Å². The maximum absolute atomic E-state index is 13.5. The van der Waals surface area contributed by atoms with E-state index in [0.717, 1.165) is 0 Å². The van der Waals surface area contributed by atoms with Crippen LogP contribution in [0.1, 0.15) is 6.42 Å². The molecule has 0 saturated heterocycles. The molecule has 0 fully saturated rings. The van der Waals surface area contributed by atoms with E-state index in [4.69, 9.17) is 13.9 Å². The van der Waals surface area contributed by atoms with Gasteiger partial charge in [-0.05, 0) is 30.3 Å². The summed E-state index contributed by atoms with van der Waals surface area (Å²) in [4.78, 5) is 12.7. The fourth-order valence-electron chi connectivity index (χ4n) is 2.65. The van der Waals surface area contributed by atoms with Crippen molar-refractivity contribution in [2.24, 2.45) is 0 Å². The minimum atomic E-state index is -0.489. The van der Waals surface area contributed by atoms with E-state index in [9.17, 15) is 9.18 Å². The van der Waals surface area contributed by atoms with Crippen LogP contribution in [-0.4, -0.2) is 13.2 Å².